The number of hydrogen-bond acceptors (Lipinski definition) is 2. The van der Waals surface area contributed by atoms with E-state index in [0.717, 1.165) is 18.5 Å². The summed E-state index contributed by atoms with van der Waals surface area (Å²) in [6, 6.07) is 6.47. The van der Waals surface area contributed by atoms with Gasteiger partial charge in [0.05, 0.1) is 10.0 Å². The Bertz CT molecular complexity index is 382. The quantitative estimate of drug-likeness (QED) is 0.853. The average Bonchev–Trinajstić information content (AvgIpc) is 2.38. The van der Waals surface area contributed by atoms with Gasteiger partial charge in [-0.15, -0.1) is 0 Å². The molecule has 18 heavy (non-hydrogen) atoms. The Morgan fingerprint density at radius 2 is 1.89 bits per heavy atom. The summed E-state index contributed by atoms with van der Waals surface area (Å²) in [4.78, 5) is 2.40. The van der Waals surface area contributed by atoms with Crippen molar-refractivity contribution in [3.63, 3.8) is 0 Å². The SMILES string of the molecule is CCC(C)N(CC)C(CN)c1ccc(Cl)c(Cl)c1. The highest BCUT2D eigenvalue weighted by molar-refractivity contribution is 6.42. The Labute approximate surface area is 120 Å². The molecule has 0 aliphatic rings. The Morgan fingerprint density at radius 1 is 1.22 bits per heavy atom. The highest BCUT2D eigenvalue weighted by Gasteiger charge is 2.22. The van der Waals surface area contributed by atoms with Crippen LogP contribution >= 0.6 is 23.2 Å². The predicted octanol–water partition coefficient (Wildman–Crippen LogP) is 4.11. The number of halogens is 2. The van der Waals surface area contributed by atoms with Crippen molar-refractivity contribution in [2.45, 2.75) is 39.3 Å². The lowest BCUT2D eigenvalue weighted by Crippen LogP contribution is -2.39. The maximum atomic E-state index is 6.08. The molecule has 1 aromatic carbocycles. The lowest BCUT2D eigenvalue weighted by atomic mass is 10.0. The summed E-state index contributed by atoms with van der Waals surface area (Å²) in [5, 5.41) is 1.18. The van der Waals surface area contributed by atoms with E-state index in [1.165, 1.54) is 0 Å². The molecule has 0 saturated carbocycles. The predicted molar refractivity (Wildman–Crippen MR) is 80.4 cm³/mol. The van der Waals surface area contributed by atoms with Crippen molar-refractivity contribution in [2.75, 3.05) is 13.1 Å². The number of nitrogens with zero attached hydrogens (tertiary/aromatic N) is 1. The number of hydrogen-bond donors (Lipinski definition) is 1. The topological polar surface area (TPSA) is 29.3 Å². The number of nitrogens with two attached hydrogens (primary N) is 1. The fraction of sp³-hybridized carbons (Fsp3) is 0.571. The van der Waals surface area contributed by atoms with E-state index in [-0.39, 0.29) is 6.04 Å². The van der Waals surface area contributed by atoms with Crippen molar-refractivity contribution in [1.82, 2.24) is 4.90 Å². The van der Waals surface area contributed by atoms with E-state index in [9.17, 15) is 0 Å². The fourth-order valence-corrected chi connectivity index (χ4v) is 2.56. The van der Waals surface area contributed by atoms with E-state index in [0.29, 0.717) is 22.6 Å². The van der Waals surface area contributed by atoms with Crippen LogP contribution in [0.15, 0.2) is 18.2 Å². The second-order valence-electron chi connectivity index (χ2n) is 4.51. The summed E-state index contributed by atoms with van der Waals surface area (Å²) in [5.41, 5.74) is 7.08. The van der Waals surface area contributed by atoms with Gasteiger partial charge in [0.15, 0.2) is 0 Å². The first-order valence-corrected chi connectivity index (χ1v) is 7.21. The molecule has 2 nitrogen and oxygen atoms in total. The lowest BCUT2D eigenvalue weighted by Gasteiger charge is -2.35. The summed E-state index contributed by atoms with van der Waals surface area (Å²) < 4.78 is 0. The van der Waals surface area contributed by atoms with Crippen LogP contribution in [0, 0.1) is 0 Å². The van der Waals surface area contributed by atoms with Crippen LogP contribution in [-0.4, -0.2) is 24.0 Å². The van der Waals surface area contributed by atoms with E-state index in [2.05, 4.69) is 25.7 Å². The summed E-state index contributed by atoms with van der Waals surface area (Å²) in [5.74, 6) is 0. The van der Waals surface area contributed by atoms with E-state index in [4.69, 9.17) is 28.9 Å². The van der Waals surface area contributed by atoms with Gasteiger partial charge in [-0.1, -0.05) is 43.1 Å². The van der Waals surface area contributed by atoms with Crippen LogP contribution in [0.2, 0.25) is 10.0 Å². The number of rotatable bonds is 6. The minimum Gasteiger partial charge on any atom is -0.329 e. The van der Waals surface area contributed by atoms with Gasteiger partial charge in [0, 0.05) is 18.6 Å². The van der Waals surface area contributed by atoms with Crippen LogP contribution in [0.5, 0.6) is 0 Å². The van der Waals surface area contributed by atoms with Crippen LogP contribution in [-0.2, 0) is 0 Å². The van der Waals surface area contributed by atoms with Gasteiger partial charge in [-0.2, -0.15) is 0 Å². The molecule has 0 spiro atoms. The molecule has 1 rings (SSSR count). The minimum absolute atomic E-state index is 0.194. The third-order valence-corrected chi connectivity index (χ3v) is 4.21. The van der Waals surface area contributed by atoms with E-state index >= 15 is 0 Å². The molecule has 0 heterocycles. The van der Waals surface area contributed by atoms with Crippen LogP contribution in [0.25, 0.3) is 0 Å². The Hall–Kier alpha value is -0.280. The number of benzene rings is 1. The molecule has 0 bridgehead atoms. The molecule has 0 fully saturated rings. The average molecular weight is 289 g/mol. The Kier molecular flexibility index (Phi) is 6.44. The van der Waals surface area contributed by atoms with Crippen molar-refractivity contribution in [3.05, 3.63) is 33.8 Å². The van der Waals surface area contributed by atoms with Crippen molar-refractivity contribution >= 4 is 23.2 Å². The van der Waals surface area contributed by atoms with Gasteiger partial charge in [-0.3, -0.25) is 4.90 Å². The molecular weight excluding hydrogens is 267 g/mol. The standard InChI is InChI=1S/C14H22Cl2N2/c1-4-10(3)18(5-2)14(9-17)11-6-7-12(15)13(16)8-11/h6-8,10,14H,4-5,9,17H2,1-3H3. The molecule has 4 heteroatoms. The van der Waals surface area contributed by atoms with Crippen LogP contribution in [0.4, 0.5) is 0 Å². The third kappa shape index (κ3) is 3.61. The van der Waals surface area contributed by atoms with Gasteiger partial charge in [0.2, 0.25) is 0 Å². The first kappa shape index (κ1) is 15.8. The Morgan fingerprint density at radius 3 is 2.33 bits per heavy atom. The molecule has 2 atom stereocenters. The van der Waals surface area contributed by atoms with Gasteiger partial charge in [0.1, 0.15) is 0 Å². The van der Waals surface area contributed by atoms with Gasteiger partial charge < -0.3 is 5.73 Å². The summed E-state index contributed by atoms with van der Waals surface area (Å²) >= 11 is 12.0. The maximum Gasteiger partial charge on any atom is 0.0595 e. The van der Waals surface area contributed by atoms with Gasteiger partial charge in [-0.05, 0) is 37.6 Å². The molecule has 2 unspecified atom stereocenters. The monoisotopic (exact) mass is 288 g/mol. The fourth-order valence-electron chi connectivity index (χ4n) is 2.26. The van der Waals surface area contributed by atoms with E-state index in [1.54, 1.807) is 0 Å². The van der Waals surface area contributed by atoms with E-state index < -0.39 is 0 Å². The summed E-state index contributed by atoms with van der Waals surface area (Å²) in [6.07, 6.45) is 1.10. The smallest absolute Gasteiger partial charge is 0.0595 e. The van der Waals surface area contributed by atoms with Gasteiger partial charge in [0.25, 0.3) is 0 Å². The van der Waals surface area contributed by atoms with Crippen molar-refractivity contribution in [2.24, 2.45) is 5.73 Å². The zero-order valence-electron chi connectivity index (χ0n) is 11.3. The highest BCUT2D eigenvalue weighted by Crippen LogP contribution is 2.29. The minimum atomic E-state index is 0.194. The molecule has 102 valence electrons. The molecule has 0 radical (unpaired) electrons. The lowest BCUT2D eigenvalue weighted by molar-refractivity contribution is 0.152. The second kappa shape index (κ2) is 7.34. The third-order valence-electron chi connectivity index (χ3n) is 3.47. The normalized spacial score (nSPS) is 14.8. The van der Waals surface area contributed by atoms with Crippen LogP contribution in [0.3, 0.4) is 0 Å². The number of likely N-dealkylation sites (N-methyl/N-ethyl adjacent to an activating group) is 1. The van der Waals surface area contributed by atoms with Crippen LogP contribution < -0.4 is 5.73 Å². The molecule has 0 amide bonds. The molecule has 0 aliphatic carbocycles. The van der Waals surface area contributed by atoms with Gasteiger partial charge >= 0.3 is 0 Å². The molecular formula is C14H22Cl2N2. The molecule has 2 N–H and O–H groups in total. The Balaban J connectivity index is 3.03. The first-order chi connectivity index (χ1) is 8.54. The molecule has 0 aliphatic heterocycles. The molecule has 1 aromatic rings. The zero-order chi connectivity index (χ0) is 13.7. The molecule has 0 saturated heterocycles. The maximum absolute atomic E-state index is 6.08. The van der Waals surface area contributed by atoms with Gasteiger partial charge in [-0.25, -0.2) is 0 Å². The van der Waals surface area contributed by atoms with E-state index in [1.807, 2.05) is 18.2 Å². The zero-order valence-corrected chi connectivity index (χ0v) is 12.8. The van der Waals surface area contributed by atoms with Crippen molar-refractivity contribution in [3.8, 4) is 0 Å². The summed E-state index contributed by atoms with van der Waals surface area (Å²) in [6.45, 7) is 8.12. The van der Waals surface area contributed by atoms with Crippen molar-refractivity contribution < 1.29 is 0 Å². The van der Waals surface area contributed by atoms with Crippen LogP contribution in [0.1, 0.15) is 38.8 Å². The first-order valence-electron chi connectivity index (χ1n) is 6.45. The van der Waals surface area contributed by atoms with Crippen molar-refractivity contribution in [1.29, 1.82) is 0 Å². The highest BCUT2D eigenvalue weighted by atomic mass is 35.5. The largest absolute Gasteiger partial charge is 0.329 e. The summed E-state index contributed by atoms with van der Waals surface area (Å²) in [7, 11) is 0. The molecule has 0 aromatic heterocycles. The second-order valence-corrected chi connectivity index (χ2v) is 5.33.